The van der Waals surface area contributed by atoms with Crippen LogP contribution >= 0.6 is 22.6 Å². The van der Waals surface area contributed by atoms with E-state index in [4.69, 9.17) is 5.84 Å². The van der Waals surface area contributed by atoms with Crippen LogP contribution in [0.15, 0.2) is 48.7 Å². The number of nitrogens with one attached hydrogen (secondary N) is 1. The maximum absolute atomic E-state index is 5.64. The summed E-state index contributed by atoms with van der Waals surface area (Å²) in [6, 6.07) is 14.9. The highest BCUT2D eigenvalue weighted by Gasteiger charge is 2.08. The number of nitrogens with two attached hydrogens (primary N) is 1. The van der Waals surface area contributed by atoms with Gasteiger partial charge in [-0.1, -0.05) is 18.2 Å². The van der Waals surface area contributed by atoms with Crippen molar-refractivity contribution in [2.45, 2.75) is 25.3 Å². The van der Waals surface area contributed by atoms with Gasteiger partial charge in [0.25, 0.3) is 0 Å². The van der Waals surface area contributed by atoms with Crippen LogP contribution in [0.5, 0.6) is 0 Å². The largest absolute Gasteiger partial charge is 0.271 e. The fourth-order valence-electron chi connectivity index (χ4n) is 2.02. The van der Waals surface area contributed by atoms with Crippen molar-refractivity contribution in [1.29, 1.82) is 0 Å². The Kier molecular flexibility index (Phi) is 5.75. The molecule has 0 spiro atoms. The zero-order valence-electron chi connectivity index (χ0n) is 10.7. The summed E-state index contributed by atoms with van der Waals surface area (Å²) in [6.45, 7) is 0. The highest BCUT2D eigenvalue weighted by Crippen LogP contribution is 2.11. The molecule has 0 amide bonds. The van der Waals surface area contributed by atoms with Crippen molar-refractivity contribution in [2.75, 3.05) is 0 Å². The molecule has 3 N–H and O–H groups in total. The third-order valence-electron chi connectivity index (χ3n) is 3.11. The van der Waals surface area contributed by atoms with E-state index in [0.29, 0.717) is 0 Å². The van der Waals surface area contributed by atoms with E-state index in [0.717, 1.165) is 25.0 Å². The summed E-state index contributed by atoms with van der Waals surface area (Å²) in [6.07, 6.45) is 4.71. The van der Waals surface area contributed by atoms with Gasteiger partial charge in [0, 0.05) is 21.5 Å². The van der Waals surface area contributed by atoms with Gasteiger partial charge in [-0.05, 0) is 71.7 Å². The van der Waals surface area contributed by atoms with Crippen LogP contribution in [0, 0.1) is 3.57 Å². The number of halogens is 1. The Balaban J connectivity index is 1.88. The minimum absolute atomic E-state index is 0.280. The van der Waals surface area contributed by atoms with Crippen molar-refractivity contribution in [3.05, 3.63) is 63.5 Å². The number of aryl methyl sites for hydroxylation is 1. The molecule has 0 bridgehead atoms. The molecule has 1 unspecified atom stereocenters. The van der Waals surface area contributed by atoms with E-state index in [1.807, 2.05) is 18.3 Å². The number of rotatable bonds is 6. The summed E-state index contributed by atoms with van der Waals surface area (Å²) >= 11 is 2.32. The number of nitrogens with zero attached hydrogens (tertiary/aromatic N) is 1. The smallest absolute Gasteiger partial charge is 0.0404 e. The molecule has 0 fully saturated rings. The van der Waals surface area contributed by atoms with Gasteiger partial charge in [0.2, 0.25) is 0 Å². The van der Waals surface area contributed by atoms with Crippen LogP contribution < -0.4 is 11.3 Å². The summed E-state index contributed by atoms with van der Waals surface area (Å²) in [7, 11) is 0. The predicted octanol–water partition coefficient (Wildman–Crippen LogP) is 2.69. The first-order valence-corrected chi connectivity index (χ1v) is 7.46. The van der Waals surface area contributed by atoms with E-state index in [2.05, 4.69) is 63.3 Å². The average Bonchev–Trinajstić information content (AvgIpc) is 2.46. The number of hydrogen-bond acceptors (Lipinski definition) is 3. The van der Waals surface area contributed by atoms with Crippen LogP contribution in [0.3, 0.4) is 0 Å². The Hall–Kier alpha value is -0.980. The van der Waals surface area contributed by atoms with Crippen LogP contribution in [-0.2, 0) is 12.8 Å². The molecule has 1 aromatic carbocycles. The second-order valence-electron chi connectivity index (χ2n) is 4.55. The Morgan fingerprint density at radius 2 is 1.95 bits per heavy atom. The van der Waals surface area contributed by atoms with E-state index in [1.54, 1.807) is 0 Å². The highest BCUT2D eigenvalue weighted by molar-refractivity contribution is 14.1. The summed E-state index contributed by atoms with van der Waals surface area (Å²) in [4.78, 5) is 4.33. The highest BCUT2D eigenvalue weighted by atomic mass is 127. The Morgan fingerprint density at radius 1 is 1.16 bits per heavy atom. The van der Waals surface area contributed by atoms with Gasteiger partial charge in [-0.3, -0.25) is 16.3 Å². The molecule has 2 aromatic rings. The van der Waals surface area contributed by atoms with Crippen molar-refractivity contribution in [2.24, 2.45) is 5.84 Å². The van der Waals surface area contributed by atoms with Crippen LogP contribution in [-0.4, -0.2) is 11.0 Å². The number of hydrazine groups is 1. The molecule has 19 heavy (non-hydrogen) atoms. The number of hydrogen-bond donors (Lipinski definition) is 2. The molecule has 0 aliphatic carbocycles. The molecular weight excluding hydrogens is 349 g/mol. The Morgan fingerprint density at radius 3 is 2.58 bits per heavy atom. The lowest BCUT2D eigenvalue weighted by atomic mass is 10.0. The van der Waals surface area contributed by atoms with Crippen LogP contribution in [0.25, 0.3) is 0 Å². The number of benzene rings is 1. The van der Waals surface area contributed by atoms with Crippen LogP contribution in [0.4, 0.5) is 0 Å². The normalized spacial score (nSPS) is 12.3. The fraction of sp³-hybridized carbons (Fsp3) is 0.267. The van der Waals surface area contributed by atoms with Crippen molar-refractivity contribution >= 4 is 22.6 Å². The van der Waals surface area contributed by atoms with Gasteiger partial charge < -0.3 is 0 Å². The molecule has 0 radical (unpaired) electrons. The summed E-state index contributed by atoms with van der Waals surface area (Å²) in [5.41, 5.74) is 5.33. The first kappa shape index (κ1) is 14.4. The van der Waals surface area contributed by atoms with Gasteiger partial charge in [0.1, 0.15) is 0 Å². The molecule has 1 heterocycles. The SMILES string of the molecule is NNC(CCc1ccccn1)Cc1ccc(I)cc1. The monoisotopic (exact) mass is 367 g/mol. The van der Waals surface area contributed by atoms with Crippen molar-refractivity contribution in [1.82, 2.24) is 10.4 Å². The Labute approximate surface area is 127 Å². The first-order chi connectivity index (χ1) is 9.28. The molecule has 0 saturated carbocycles. The second-order valence-corrected chi connectivity index (χ2v) is 5.80. The lowest BCUT2D eigenvalue weighted by Crippen LogP contribution is -2.37. The maximum Gasteiger partial charge on any atom is 0.0404 e. The lowest BCUT2D eigenvalue weighted by Gasteiger charge is -2.15. The van der Waals surface area contributed by atoms with Crippen molar-refractivity contribution in [3.63, 3.8) is 0 Å². The van der Waals surface area contributed by atoms with E-state index >= 15 is 0 Å². The standard InChI is InChI=1S/C15H18IN3/c16-13-6-4-12(5-7-13)11-15(19-17)9-8-14-3-1-2-10-18-14/h1-7,10,15,19H,8-9,11,17H2. The molecule has 2 rings (SSSR count). The molecule has 1 aromatic heterocycles. The Bertz CT molecular complexity index is 485. The maximum atomic E-state index is 5.64. The zero-order valence-corrected chi connectivity index (χ0v) is 12.9. The fourth-order valence-corrected chi connectivity index (χ4v) is 2.38. The third kappa shape index (κ3) is 4.89. The molecule has 1 atom stereocenters. The van der Waals surface area contributed by atoms with Crippen molar-refractivity contribution < 1.29 is 0 Å². The molecular formula is C15H18IN3. The molecule has 4 heteroatoms. The summed E-state index contributed by atoms with van der Waals surface area (Å²) in [5, 5.41) is 0. The van der Waals surface area contributed by atoms with Gasteiger partial charge >= 0.3 is 0 Å². The molecule has 0 aliphatic rings. The number of aromatic nitrogens is 1. The molecule has 3 nitrogen and oxygen atoms in total. The summed E-state index contributed by atoms with van der Waals surface area (Å²) < 4.78 is 1.26. The minimum atomic E-state index is 0.280. The molecule has 100 valence electrons. The summed E-state index contributed by atoms with van der Waals surface area (Å²) in [5.74, 6) is 5.64. The average molecular weight is 367 g/mol. The van der Waals surface area contributed by atoms with Gasteiger partial charge in [0.15, 0.2) is 0 Å². The van der Waals surface area contributed by atoms with Gasteiger partial charge in [-0.15, -0.1) is 0 Å². The van der Waals surface area contributed by atoms with Gasteiger partial charge in [0.05, 0.1) is 0 Å². The topological polar surface area (TPSA) is 50.9 Å². The van der Waals surface area contributed by atoms with E-state index < -0.39 is 0 Å². The second kappa shape index (κ2) is 7.57. The minimum Gasteiger partial charge on any atom is -0.271 e. The van der Waals surface area contributed by atoms with Crippen molar-refractivity contribution in [3.8, 4) is 0 Å². The first-order valence-electron chi connectivity index (χ1n) is 6.38. The zero-order chi connectivity index (χ0) is 13.5. The van der Waals surface area contributed by atoms with Crippen LogP contribution in [0.2, 0.25) is 0 Å². The lowest BCUT2D eigenvalue weighted by molar-refractivity contribution is 0.489. The quantitative estimate of drug-likeness (QED) is 0.469. The van der Waals surface area contributed by atoms with E-state index in [9.17, 15) is 0 Å². The van der Waals surface area contributed by atoms with Crippen LogP contribution in [0.1, 0.15) is 17.7 Å². The van der Waals surface area contributed by atoms with Gasteiger partial charge in [-0.2, -0.15) is 0 Å². The van der Waals surface area contributed by atoms with E-state index in [-0.39, 0.29) is 6.04 Å². The third-order valence-corrected chi connectivity index (χ3v) is 3.83. The number of pyridine rings is 1. The predicted molar refractivity (Wildman–Crippen MR) is 86.5 cm³/mol. The van der Waals surface area contributed by atoms with Gasteiger partial charge in [-0.25, -0.2) is 0 Å². The molecule has 0 aliphatic heterocycles. The molecule has 0 saturated heterocycles. The van der Waals surface area contributed by atoms with E-state index in [1.165, 1.54) is 9.13 Å².